The third kappa shape index (κ3) is 4.14. The van der Waals surface area contributed by atoms with E-state index in [2.05, 4.69) is 22.1 Å². The molecule has 1 aromatic heterocycles. The van der Waals surface area contributed by atoms with E-state index < -0.39 is 10.0 Å². The van der Waals surface area contributed by atoms with E-state index in [1.165, 1.54) is 5.56 Å². The Morgan fingerprint density at radius 2 is 1.74 bits per heavy atom. The van der Waals surface area contributed by atoms with Crippen molar-refractivity contribution in [1.82, 2.24) is 9.73 Å². The van der Waals surface area contributed by atoms with Gasteiger partial charge in [-0.15, -0.1) is 0 Å². The summed E-state index contributed by atoms with van der Waals surface area (Å²) in [6, 6.07) is 14.8. The fourth-order valence-corrected chi connectivity index (χ4v) is 5.51. The third-order valence-electron chi connectivity index (χ3n) is 6.57. The molecule has 7 nitrogen and oxygen atoms in total. The third-order valence-corrected chi connectivity index (χ3v) is 7.79. The van der Waals surface area contributed by atoms with Crippen LogP contribution in [-0.2, 0) is 29.4 Å². The number of sulfonamides is 1. The lowest BCUT2D eigenvalue weighted by Crippen LogP contribution is -2.36. The van der Waals surface area contributed by atoms with Gasteiger partial charge < -0.3 is 9.32 Å². The Kier molecular flexibility index (Phi) is 5.77. The first-order chi connectivity index (χ1) is 16.3. The van der Waals surface area contributed by atoms with Gasteiger partial charge in [0.05, 0.1) is 10.6 Å². The van der Waals surface area contributed by atoms with Gasteiger partial charge in [-0.2, -0.15) is 18.4 Å². The number of fused-ring (bicyclic) bond motifs is 2. The van der Waals surface area contributed by atoms with Gasteiger partial charge in [0, 0.05) is 30.6 Å². The van der Waals surface area contributed by atoms with Crippen LogP contribution in [0.5, 0.6) is 0 Å². The number of rotatable bonds is 4. The summed E-state index contributed by atoms with van der Waals surface area (Å²) in [7, 11) is -3.79. The lowest BCUT2D eigenvalue weighted by atomic mass is 9.93. The van der Waals surface area contributed by atoms with Gasteiger partial charge in [0.1, 0.15) is 5.76 Å². The maximum atomic E-state index is 13.4. The zero-order chi connectivity index (χ0) is 23.9. The predicted molar refractivity (Wildman–Crippen MR) is 129 cm³/mol. The lowest BCUT2D eigenvalue weighted by Gasteiger charge is -2.28. The first kappa shape index (κ1) is 22.4. The summed E-state index contributed by atoms with van der Waals surface area (Å²) in [4.78, 5) is 17.7. The number of furan rings is 1. The molecule has 34 heavy (non-hydrogen) atoms. The van der Waals surface area contributed by atoms with Crippen LogP contribution in [0.15, 0.2) is 62.9 Å². The number of amides is 1. The van der Waals surface area contributed by atoms with Crippen molar-refractivity contribution in [2.45, 2.75) is 51.0 Å². The van der Waals surface area contributed by atoms with Crippen LogP contribution in [-0.4, -0.2) is 31.5 Å². The summed E-state index contributed by atoms with van der Waals surface area (Å²) < 4.78 is 31.5. The molecule has 0 radical (unpaired) electrons. The molecule has 1 aliphatic heterocycles. The van der Waals surface area contributed by atoms with Crippen molar-refractivity contribution in [3.63, 3.8) is 0 Å². The van der Waals surface area contributed by atoms with Crippen LogP contribution in [0.4, 0.5) is 0 Å². The first-order valence-electron chi connectivity index (χ1n) is 11.5. The van der Waals surface area contributed by atoms with Crippen LogP contribution >= 0.6 is 0 Å². The van der Waals surface area contributed by atoms with Crippen molar-refractivity contribution in [2.24, 2.45) is 5.10 Å². The highest BCUT2D eigenvalue weighted by molar-refractivity contribution is 7.89. The molecule has 2 aromatic carbocycles. The molecule has 0 fully saturated rings. The van der Waals surface area contributed by atoms with Gasteiger partial charge in [-0.25, -0.2) is 0 Å². The summed E-state index contributed by atoms with van der Waals surface area (Å²) in [6.07, 6.45) is 2.88. The largest absolute Gasteiger partial charge is 0.455 e. The number of hydrogen-bond acceptors (Lipinski definition) is 5. The number of nitrogens with zero attached hydrogens (tertiary/aromatic N) is 2. The van der Waals surface area contributed by atoms with Crippen molar-refractivity contribution in [1.29, 1.82) is 0 Å². The van der Waals surface area contributed by atoms with Crippen LogP contribution in [0.25, 0.3) is 0 Å². The van der Waals surface area contributed by atoms with E-state index in [1.54, 1.807) is 24.3 Å². The zero-order valence-corrected chi connectivity index (χ0v) is 20.1. The molecule has 1 amide bonds. The number of carbonyl (C=O) groups is 1. The van der Waals surface area contributed by atoms with E-state index in [1.807, 2.05) is 30.9 Å². The molecule has 0 saturated carbocycles. The Labute approximate surface area is 199 Å². The minimum absolute atomic E-state index is 0.138. The molecule has 0 atom stereocenters. The summed E-state index contributed by atoms with van der Waals surface area (Å²) in [5, 5.41) is 4.26. The first-order valence-corrected chi connectivity index (χ1v) is 13.0. The zero-order valence-electron chi connectivity index (χ0n) is 19.3. The van der Waals surface area contributed by atoms with Crippen molar-refractivity contribution in [3.8, 4) is 0 Å². The van der Waals surface area contributed by atoms with E-state index in [4.69, 9.17) is 4.42 Å². The second-order valence-electron chi connectivity index (χ2n) is 8.92. The van der Waals surface area contributed by atoms with E-state index in [0.717, 1.165) is 29.5 Å². The van der Waals surface area contributed by atoms with Gasteiger partial charge in [0.15, 0.2) is 5.76 Å². The molecule has 5 rings (SSSR count). The molecule has 2 aliphatic rings. The number of hydrazone groups is 1. The second-order valence-corrected chi connectivity index (χ2v) is 10.6. The summed E-state index contributed by atoms with van der Waals surface area (Å²) in [5.41, 5.74) is 5.47. The molecular weight excluding hydrogens is 450 g/mol. The van der Waals surface area contributed by atoms with Gasteiger partial charge >= 0.3 is 0 Å². The van der Waals surface area contributed by atoms with Crippen molar-refractivity contribution in [2.75, 3.05) is 6.54 Å². The van der Waals surface area contributed by atoms with Gasteiger partial charge in [-0.05, 0) is 56.4 Å². The monoisotopic (exact) mass is 477 g/mol. The molecule has 1 N–H and O–H groups in total. The fourth-order valence-electron chi connectivity index (χ4n) is 4.68. The van der Waals surface area contributed by atoms with Gasteiger partial charge in [-0.1, -0.05) is 42.0 Å². The van der Waals surface area contributed by atoms with Crippen LogP contribution in [0.3, 0.4) is 0 Å². The van der Waals surface area contributed by atoms with Crippen LogP contribution in [0.2, 0.25) is 0 Å². The van der Waals surface area contributed by atoms with Gasteiger partial charge in [0.2, 0.25) is 0 Å². The molecule has 8 heteroatoms. The maximum Gasteiger partial charge on any atom is 0.290 e. The van der Waals surface area contributed by atoms with Crippen LogP contribution in [0, 0.1) is 13.8 Å². The molecule has 3 aromatic rings. The SMILES string of the molecule is Cc1ccc(S(=O)(=O)N/N=C2\CCCc3oc(C(=O)N4CCc5ccccc5C4)c(C)c32)cc1. The number of hydrogen-bond donors (Lipinski definition) is 1. The van der Waals surface area contributed by atoms with Crippen LogP contribution < -0.4 is 4.83 Å². The molecular formula is C26H27N3O4S. The number of carbonyl (C=O) groups excluding carboxylic acids is 1. The quantitative estimate of drug-likeness (QED) is 0.573. The topological polar surface area (TPSA) is 92.0 Å². The molecule has 0 saturated heterocycles. The lowest BCUT2D eigenvalue weighted by molar-refractivity contribution is 0.0699. The minimum Gasteiger partial charge on any atom is -0.455 e. The standard InChI is InChI=1S/C26H27N3O4S/c1-17-10-12-21(13-11-17)34(31,32)28-27-22-8-5-9-23-24(22)18(2)25(33-23)26(30)29-15-14-19-6-3-4-7-20(19)16-29/h3-4,6-7,10-13,28H,5,8-9,14-16H2,1-2H3/b27-22+. The van der Waals surface area contributed by atoms with E-state index in [9.17, 15) is 13.2 Å². The Morgan fingerprint density at radius 3 is 2.50 bits per heavy atom. The van der Waals surface area contributed by atoms with Gasteiger partial charge in [0.25, 0.3) is 15.9 Å². The molecule has 176 valence electrons. The summed E-state index contributed by atoms with van der Waals surface area (Å²) >= 11 is 0. The van der Waals surface area contributed by atoms with Crippen LogP contribution in [0.1, 0.15) is 57.0 Å². The summed E-state index contributed by atoms with van der Waals surface area (Å²) in [5.74, 6) is 0.874. The highest BCUT2D eigenvalue weighted by Gasteiger charge is 2.31. The number of aryl methyl sites for hydroxylation is 2. The maximum absolute atomic E-state index is 13.4. The molecule has 0 bridgehead atoms. The fraction of sp³-hybridized carbons (Fsp3) is 0.308. The molecule has 2 heterocycles. The number of nitrogens with one attached hydrogen (secondary N) is 1. The Balaban J connectivity index is 1.41. The van der Waals surface area contributed by atoms with Crippen molar-refractivity contribution in [3.05, 3.63) is 87.9 Å². The highest BCUT2D eigenvalue weighted by atomic mass is 32.2. The average molecular weight is 478 g/mol. The van der Waals surface area contributed by atoms with Crippen molar-refractivity contribution >= 4 is 21.6 Å². The van der Waals surface area contributed by atoms with Gasteiger partial charge in [-0.3, -0.25) is 4.79 Å². The van der Waals surface area contributed by atoms with E-state index >= 15 is 0 Å². The summed E-state index contributed by atoms with van der Waals surface area (Å²) in [6.45, 7) is 4.94. The Morgan fingerprint density at radius 1 is 1.00 bits per heavy atom. The predicted octanol–water partition coefficient (Wildman–Crippen LogP) is 4.11. The Hall–Kier alpha value is -3.39. The normalized spacial score (nSPS) is 16.8. The molecule has 1 aliphatic carbocycles. The molecule has 0 spiro atoms. The van der Waals surface area contributed by atoms with E-state index in [0.29, 0.717) is 48.7 Å². The van der Waals surface area contributed by atoms with E-state index in [-0.39, 0.29) is 10.8 Å². The minimum atomic E-state index is -3.79. The smallest absolute Gasteiger partial charge is 0.290 e. The average Bonchev–Trinajstić information content (AvgIpc) is 3.19. The van der Waals surface area contributed by atoms with Crippen molar-refractivity contribution < 1.29 is 17.6 Å². The second kappa shape index (κ2) is 8.76. The Bertz CT molecular complexity index is 1390. The highest BCUT2D eigenvalue weighted by Crippen LogP contribution is 2.31. The molecule has 0 unspecified atom stereocenters. The number of benzene rings is 2.